The van der Waals surface area contributed by atoms with Crippen LogP contribution in [0.1, 0.15) is 25.5 Å². The number of aromatic nitrogens is 4. The summed E-state index contributed by atoms with van der Waals surface area (Å²) >= 11 is 8.30. The van der Waals surface area contributed by atoms with Gasteiger partial charge < -0.3 is 4.90 Å². The summed E-state index contributed by atoms with van der Waals surface area (Å²) in [6.45, 7) is 0.604. The minimum atomic E-state index is -0.0430. The maximum absolute atomic E-state index is 12.9. The molecule has 0 spiro atoms. The molecule has 0 fully saturated rings. The van der Waals surface area contributed by atoms with Crippen molar-refractivity contribution in [3.05, 3.63) is 71.0 Å². The second-order valence-corrected chi connectivity index (χ2v) is 7.31. The number of carbonyl (C=O) groups excluding carboxylic acids is 1. The third-order valence-electron chi connectivity index (χ3n) is 4.15. The van der Waals surface area contributed by atoms with E-state index in [0.717, 1.165) is 23.2 Å². The van der Waals surface area contributed by atoms with Gasteiger partial charge in [0.05, 0.1) is 11.9 Å². The third kappa shape index (κ3) is 3.13. The molecule has 1 unspecified atom stereocenters. The minimum Gasteiger partial charge on any atom is -0.306 e. The van der Waals surface area contributed by atoms with E-state index < -0.39 is 0 Å². The fraction of sp³-hybridized carbons (Fsp3) is 0.176. The van der Waals surface area contributed by atoms with Crippen LogP contribution in [0.4, 0.5) is 5.69 Å². The van der Waals surface area contributed by atoms with E-state index in [1.165, 1.54) is 6.33 Å². The summed E-state index contributed by atoms with van der Waals surface area (Å²) < 4.78 is 1.70. The molecule has 6 nitrogen and oxygen atoms in total. The molecule has 3 aromatic rings. The Hall–Kier alpha value is -2.00. The largest absolute Gasteiger partial charge is 0.306 e. The normalized spacial score (nSPS) is 15.1. The molecule has 1 aromatic carbocycles. The molecule has 8 heteroatoms. The quantitative estimate of drug-likeness (QED) is 0.439. The molecule has 1 atom stereocenters. The van der Waals surface area contributed by atoms with Crippen molar-refractivity contribution in [1.82, 2.24) is 19.7 Å². The van der Waals surface area contributed by atoms with E-state index in [4.69, 9.17) is 11.6 Å². The molecular formula is C17H13ClIN5O. The molecular weight excluding hydrogens is 453 g/mol. The molecule has 0 N–H and O–H groups in total. The summed E-state index contributed by atoms with van der Waals surface area (Å²) in [4.78, 5) is 22.9. The van der Waals surface area contributed by atoms with Gasteiger partial charge in [0.15, 0.2) is 0 Å². The average Bonchev–Trinajstić information content (AvgIpc) is 3.16. The molecule has 126 valence electrons. The molecule has 1 aliphatic rings. The highest BCUT2D eigenvalue weighted by Crippen LogP contribution is 2.30. The molecule has 3 heterocycles. The van der Waals surface area contributed by atoms with Crippen LogP contribution in [0.3, 0.4) is 0 Å². The Bertz CT molecular complexity index is 931. The summed E-state index contributed by atoms with van der Waals surface area (Å²) in [5.74, 6) is -0.0253. The smallest absolute Gasteiger partial charge is 0.258 e. The van der Waals surface area contributed by atoms with Crippen LogP contribution in [-0.2, 0) is 6.42 Å². The third-order valence-corrected chi connectivity index (χ3v) is 5.67. The number of nitrogens with zero attached hydrogens (tertiary/aromatic N) is 5. The van der Waals surface area contributed by atoms with Crippen molar-refractivity contribution < 1.29 is 4.79 Å². The number of benzene rings is 1. The van der Waals surface area contributed by atoms with Gasteiger partial charge in [0.1, 0.15) is 16.7 Å². The number of rotatable bonds is 3. The molecule has 1 aliphatic heterocycles. The van der Waals surface area contributed by atoms with Crippen molar-refractivity contribution >= 4 is 45.8 Å². The lowest BCUT2D eigenvalue weighted by Gasteiger charge is -2.29. The van der Waals surface area contributed by atoms with Gasteiger partial charge in [0.25, 0.3) is 5.91 Å². The lowest BCUT2D eigenvalue weighted by Crippen LogP contribution is -2.37. The van der Waals surface area contributed by atoms with Crippen molar-refractivity contribution in [2.24, 2.45) is 0 Å². The first-order valence-corrected chi connectivity index (χ1v) is 9.29. The fourth-order valence-corrected chi connectivity index (χ4v) is 3.74. The van der Waals surface area contributed by atoms with Gasteiger partial charge in [-0.25, -0.2) is 9.67 Å². The second kappa shape index (κ2) is 6.72. The van der Waals surface area contributed by atoms with Crippen molar-refractivity contribution in [3.8, 4) is 0 Å². The minimum absolute atomic E-state index is 0.0253. The highest BCUT2D eigenvalue weighted by molar-refractivity contribution is 14.1. The van der Waals surface area contributed by atoms with Gasteiger partial charge in [0, 0.05) is 28.9 Å². The number of fused-ring (bicyclic) bond motifs is 1. The van der Waals surface area contributed by atoms with Gasteiger partial charge in [-0.1, -0.05) is 34.2 Å². The van der Waals surface area contributed by atoms with Crippen LogP contribution in [0.15, 0.2) is 49.3 Å². The van der Waals surface area contributed by atoms with Crippen molar-refractivity contribution in [2.75, 3.05) is 11.4 Å². The van der Waals surface area contributed by atoms with Gasteiger partial charge >= 0.3 is 0 Å². The van der Waals surface area contributed by atoms with Gasteiger partial charge in [0.2, 0.25) is 0 Å². The van der Waals surface area contributed by atoms with Gasteiger partial charge in [-0.15, -0.1) is 0 Å². The van der Waals surface area contributed by atoms with Crippen molar-refractivity contribution in [3.63, 3.8) is 0 Å². The molecule has 2 aromatic heterocycles. The van der Waals surface area contributed by atoms with Crippen LogP contribution >= 0.6 is 34.2 Å². The standard InChI is InChI=1S/C17H13ClIN5O/c18-13-1-2-15-11(5-13)3-4-23(17(15)25)14-6-12(7-20-8-14)16(19)24-10-21-9-22-24/h1-2,5-10,16H,3-4H2. The lowest BCUT2D eigenvalue weighted by molar-refractivity contribution is 0.0980. The first kappa shape index (κ1) is 16.5. The van der Waals surface area contributed by atoms with Crippen LogP contribution in [0.25, 0.3) is 0 Å². The topological polar surface area (TPSA) is 63.9 Å². The van der Waals surface area contributed by atoms with Crippen LogP contribution in [0, 0.1) is 0 Å². The number of alkyl halides is 1. The van der Waals surface area contributed by atoms with Crippen LogP contribution in [-0.4, -0.2) is 32.2 Å². The van der Waals surface area contributed by atoms with Gasteiger partial charge in [-0.05, 0) is 36.2 Å². The highest BCUT2D eigenvalue weighted by atomic mass is 127. The van der Waals surface area contributed by atoms with Crippen LogP contribution in [0.5, 0.6) is 0 Å². The summed E-state index contributed by atoms with van der Waals surface area (Å²) in [6, 6.07) is 7.39. The number of halogens is 2. The Labute approximate surface area is 163 Å². The number of hydrogen-bond donors (Lipinski definition) is 0. The highest BCUT2D eigenvalue weighted by Gasteiger charge is 2.26. The Morgan fingerprint density at radius 3 is 2.88 bits per heavy atom. The van der Waals surface area contributed by atoms with E-state index in [0.29, 0.717) is 17.1 Å². The number of anilines is 1. The Balaban J connectivity index is 1.66. The first-order chi connectivity index (χ1) is 12.1. The summed E-state index contributed by atoms with van der Waals surface area (Å²) in [6.07, 6.45) is 7.43. The molecule has 0 saturated carbocycles. The Kier molecular flexibility index (Phi) is 4.43. The van der Waals surface area contributed by atoms with E-state index in [2.05, 4.69) is 37.7 Å². The van der Waals surface area contributed by atoms with E-state index in [1.54, 1.807) is 40.4 Å². The van der Waals surface area contributed by atoms with E-state index in [-0.39, 0.29) is 9.96 Å². The lowest BCUT2D eigenvalue weighted by atomic mass is 9.98. The summed E-state index contributed by atoms with van der Waals surface area (Å²) in [5.41, 5.74) is 3.43. The zero-order valence-corrected chi connectivity index (χ0v) is 15.9. The number of hydrogen-bond acceptors (Lipinski definition) is 4. The summed E-state index contributed by atoms with van der Waals surface area (Å²) in [5, 5.41) is 4.82. The fourth-order valence-electron chi connectivity index (χ4n) is 2.91. The number of amides is 1. The van der Waals surface area contributed by atoms with Crippen molar-refractivity contribution in [1.29, 1.82) is 0 Å². The molecule has 0 radical (unpaired) electrons. The number of carbonyl (C=O) groups is 1. The predicted octanol–water partition coefficient (Wildman–Crippen LogP) is 3.51. The molecule has 25 heavy (non-hydrogen) atoms. The molecule has 0 saturated heterocycles. The predicted molar refractivity (Wildman–Crippen MR) is 103 cm³/mol. The Morgan fingerprint density at radius 2 is 2.08 bits per heavy atom. The zero-order valence-electron chi connectivity index (χ0n) is 13.0. The van der Waals surface area contributed by atoms with Gasteiger partial charge in [-0.3, -0.25) is 9.78 Å². The average molecular weight is 466 g/mol. The van der Waals surface area contributed by atoms with Gasteiger partial charge in [-0.2, -0.15) is 5.10 Å². The van der Waals surface area contributed by atoms with Crippen LogP contribution in [0.2, 0.25) is 5.02 Å². The van der Waals surface area contributed by atoms with E-state index >= 15 is 0 Å². The number of pyridine rings is 1. The van der Waals surface area contributed by atoms with E-state index in [1.807, 2.05) is 12.1 Å². The molecule has 0 bridgehead atoms. The monoisotopic (exact) mass is 465 g/mol. The SMILES string of the molecule is O=C1c2ccc(Cl)cc2CCN1c1cncc(C(I)n2cncn2)c1. The van der Waals surface area contributed by atoms with Crippen molar-refractivity contribution in [2.45, 2.75) is 10.5 Å². The molecule has 0 aliphatic carbocycles. The molecule has 4 rings (SSSR count). The maximum Gasteiger partial charge on any atom is 0.258 e. The summed E-state index contributed by atoms with van der Waals surface area (Å²) in [7, 11) is 0. The van der Waals surface area contributed by atoms with E-state index in [9.17, 15) is 4.79 Å². The zero-order chi connectivity index (χ0) is 17.4. The first-order valence-electron chi connectivity index (χ1n) is 7.67. The maximum atomic E-state index is 12.9. The Morgan fingerprint density at radius 1 is 1.20 bits per heavy atom. The second-order valence-electron chi connectivity index (χ2n) is 5.70. The van der Waals surface area contributed by atoms with Crippen LogP contribution < -0.4 is 4.90 Å². The molecule has 1 amide bonds.